The molecule has 0 saturated carbocycles. The largest absolute Gasteiger partial charge is 0.397 e. The van der Waals surface area contributed by atoms with Crippen LogP contribution >= 0.6 is 0 Å². The zero-order valence-electron chi connectivity index (χ0n) is 19.7. The summed E-state index contributed by atoms with van der Waals surface area (Å²) in [6, 6.07) is 12.8. The van der Waals surface area contributed by atoms with Gasteiger partial charge in [-0.15, -0.1) is 0 Å². The lowest BCUT2D eigenvalue weighted by atomic mass is 10.0. The Morgan fingerprint density at radius 2 is 1.69 bits per heavy atom. The molecule has 9 heteroatoms. The fraction of sp³-hybridized carbons (Fsp3) is 0.346. The molecule has 2 saturated heterocycles. The molecule has 0 bridgehead atoms. The van der Waals surface area contributed by atoms with Crippen LogP contribution in [0.25, 0.3) is 33.4 Å². The highest BCUT2D eigenvalue weighted by Crippen LogP contribution is 2.33. The van der Waals surface area contributed by atoms with Crippen molar-refractivity contribution in [2.24, 2.45) is 5.73 Å². The van der Waals surface area contributed by atoms with Gasteiger partial charge in [-0.05, 0) is 48.2 Å². The van der Waals surface area contributed by atoms with Gasteiger partial charge in [-0.25, -0.2) is 4.98 Å². The Balaban J connectivity index is 1.32. The Hall–Kier alpha value is -3.69. The number of rotatable bonds is 4. The van der Waals surface area contributed by atoms with Crippen molar-refractivity contribution in [2.45, 2.75) is 18.9 Å². The van der Waals surface area contributed by atoms with E-state index in [9.17, 15) is 0 Å². The fourth-order valence-corrected chi connectivity index (χ4v) is 4.97. The Kier molecular flexibility index (Phi) is 5.71. The third kappa shape index (κ3) is 4.28. The van der Waals surface area contributed by atoms with Gasteiger partial charge in [0.05, 0.1) is 42.5 Å². The van der Waals surface area contributed by atoms with Crippen LogP contribution < -0.4 is 21.3 Å². The predicted octanol–water partition coefficient (Wildman–Crippen LogP) is 3.03. The topological polar surface area (TPSA) is 122 Å². The highest BCUT2D eigenvalue weighted by molar-refractivity contribution is 5.95. The SMILES string of the molecule is Nc1cc(-c2ccc3[nH]nc(-c4cncc(N5CCC(N)CC5)n4)c3c2)ccc1N1CCOCC1. The number of nitrogen functional groups attached to an aromatic ring is 1. The molecule has 6 rings (SSSR count). The molecule has 4 heterocycles. The van der Waals surface area contributed by atoms with Gasteiger partial charge in [-0.1, -0.05) is 12.1 Å². The predicted molar refractivity (Wildman–Crippen MR) is 139 cm³/mol. The highest BCUT2D eigenvalue weighted by Gasteiger charge is 2.19. The number of nitrogens with zero attached hydrogens (tertiary/aromatic N) is 5. The first-order valence-corrected chi connectivity index (χ1v) is 12.2. The molecule has 2 aromatic carbocycles. The third-order valence-corrected chi connectivity index (χ3v) is 7.00. The zero-order chi connectivity index (χ0) is 23.8. The van der Waals surface area contributed by atoms with Gasteiger partial charge in [0.25, 0.3) is 0 Å². The van der Waals surface area contributed by atoms with Crippen molar-refractivity contribution in [3.8, 4) is 22.5 Å². The second-order valence-corrected chi connectivity index (χ2v) is 9.29. The van der Waals surface area contributed by atoms with Gasteiger partial charge < -0.3 is 26.0 Å². The van der Waals surface area contributed by atoms with E-state index in [0.717, 1.165) is 103 Å². The van der Waals surface area contributed by atoms with Crippen molar-refractivity contribution in [1.29, 1.82) is 0 Å². The molecule has 0 aliphatic carbocycles. The van der Waals surface area contributed by atoms with Crippen molar-refractivity contribution in [1.82, 2.24) is 20.2 Å². The van der Waals surface area contributed by atoms with Crippen LogP contribution in [0.15, 0.2) is 48.8 Å². The van der Waals surface area contributed by atoms with Gasteiger partial charge in [0, 0.05) is 37.6 Å². The average Bonchev–Trinajstić information content (AvgIpc) is 3.33. The smallest absolute Gasteiger partial charge is 0.147 e. The van der Waals surface area contributed by atoms with E-state index in [-0.39, 0.29) is 6.04 Å². The number of fused-ring (bicyclic) bond motifs is 1. The quantitative estimate of drug-likeness (QED) is 0.389. The van der Waals surface area contributed by atoms with E-state index in [2.05, 4.69) is 55.3 Å². The minimum absolute atomic E-state index is 0.271. The summed E-state index contributed by atoms with van der Waals surface area (Å²) in [5, 5.41) is 8.73. The summed E-state index contributed by atoms with van der Waals surface area (Å²) in [5.74, 6) is 0.869. The molecule has 35 heavy (non-hydrogen) atoms. The van der Waals surface area contributed by atoms with Gasteiger partial charge in [-0.3, -0.25) is 10.1 Å². The van der Waals surface area contributed by atoms with Crippen LogP contribution in [-0.4, -0.2) is 65.6 Å². The van der Waals surface area contributed by atoms with Crippen LogP contribution in [0.5, 0.6) is 0 Å². The van der Waals surface area contributed by atoms with Crippen molar-refractivity contribution < 1.29 is 4.74 Å². The number of morpholine rings is 1. The molecule has 2 fully saturated rings. The van der Waals surface area contributed by atoms with Gasteiger partial charge in [0.15, 0.2) is 0 Å². The summed E-state index contributed by atoms with van der Waals surface area (Å²) >= 11 is 0. The Labute approximate surface area is 204 Å². The van der Waals surface area contributed by atoms with Gasteiger partial charge in [-0.2, -0.15) is 5.10 Å². The molecule has 0 amide bonds. The molecule has 0 unspecified atom stereocenters. The minimum Gasteiger partial charge on any atom is -0.397 e. The number of ether oxygens (including phenoxy) is 1. The maximum atomic E-state index is 6.47. The number of aromatic amines is 1. The maximum absolute atomic E-state index is 6.47. The summed E-state index contributed by atoms with van der Waals surface area (Å²) < 4.78 is 5.47. The van der Waals surface area contributed by atoms with Gasteiger partial charge >= 0.3 is 0 Å². The fourth-order valence-electron chi connectivity index (χ4n) is 4.97. The molecule has 0 spiro atoms. The van der Waals surface area contributed by atoms with Crippen LogP contribution in [-0.2, 0) is 4.74 Å². The second-order valence-electron chi connectivity index (χ2n) is 9.29. The van der Waals surface area contributed by atoms with E-state index in [1.165, 1.54) is 0 Å². The number of anilines is 3. The molecular weight excluding hydrogens is 440 g/mol. The monoisotopic (exact) mass is 470 g/mol. The van der Waals surface area contributed by atoms with E-state index in [1.807, 2.05) is 12.3 Å². The molecule has 0 radical (unpaired) electrons. The number of hydrogen-bond donors (Lipinski definition) is 3. The Morgan fingerprint density at radius 3 is 2.49 bits per heavy atom. The first-order chi connectivity index (χ1) is 17.2. The highest BCUT2D eigenvalue weighted by atomic mass is 16.5. The van der Waals surface area contributed by atoms with Crippen LogP contribution in [0.3, 0.4) is 0 Å². The van der Waals surface area contributed by atoms with Crippen LogP contribution in [0.4, 0.5) is 17.2 Å². The van der Waals surface area contributed by atoms with Gasteiger partial charge in [0.1, 0.15) is 17.2 Å². The lowest BCUT2D eigenvalue weighted by Crippen LogP contribution is -2.40. The lowest BCUT2D eigenvalue weighted by molar-refractivity contribution is 0.123. The molecule has 0 atom stereocenters. The van der Waals surface area contributed by atoms with E-state index in [1.54, 1.807) is 6.20 Å². The summed E-state index contributed by atoms with van der Waals surface area (Å²) in [6.07, 6.45) is 5.53. The maximum Gasteiger partial charge on any atom is 0.147 e. The number of benzene rings is 2. The number of nitrogens with one attached hydrogen (secondary N) is 1. The number of nitrogens with two attached hydrogens (primary N) is 2. The zero-order valence-corrected chi connectivity index (χ0v) is 19.7. The lowest BCUT2D eigenvalue weighted by Gasteiger charge is -2.30. The van der Waals surface area contributed by atoms with E-state index in [4.69, 9.17) is 21.2 Å². The molecule has 2 aliphatic heterocycles. The van der Waals surface area contributed by atoms with Crippen molar-refractivity contribution >= 4 is 28.1 Å². The third-order valence-electron chi connectivity index (χ3n) is 7.00. The average molecular weight is 471 g/mol. The second kappa shape index (κ2) is 9.16. The van der Waals surface area contributed by atoms with Crippen LogP contribution in [0.2, 0.25) is 0 Å². The summed E-state index contributed by atoms with van der Waals surface area (Å²) in [4.78, 5) is 13.9. The van der Waals surface area contributed by atoms with Gasteiger partial charge in [0.2, 0.25) is 0 Å². The van der Waals surface area contributed by atoms with Crippen molar-refractivity contribution in [3.05, 3.63) is 48.8 Å². The van der Waals surface area contributed by atoms with E-state index < -0.39 is 0 Å². The molecule has 180 valence electrons. The first-order valence-electron chi connectivity index (χ1n) is 12.2. The normalized spacial score (nSPS) is 17.3. The number of aromatic nitrogens is 4. The van der Waals surface area contributed by atoms with Crippen LogP contribution in [0, 0.1) is 0 Å². The molecular formula is C26H30N8O. The molecule has 5 N–H and O–H groups in total. The molecule has 9 nitrogen and oxygen atoms in total. The summed E-state index contributed by atoms with van der Waals surface area (Å²) in [6.45, 7) is 4.97. The Bertz CT molecular complexity index is 1340. The first kappa shape index (κ1) is 21.8. The summed E-state index contributed by atoms with van der Waals surface area (Å²) in [5.41, 5.74) is 19.0. The minimum atomic E-state index is 0.271. The molecule has 4 aromatic rings. The standard InChI is InChI=1S/C26H30N8O/c27-19-5-7-34(8-6-19)25-16-29-15-23(30-25)26-20-13-17(1-3-22(20)31-32-26)18-2-4-24(21(28)14-18)33-9-11-35-12-10-33/h1-4,13-16,19H,5-12,27-28H2,(H,31,32). The van der Waals surface area contributed by atoms with Crippen molar-refractivity contribution in [3.63, 3.8) is 0 Å². The van der Waals surface area contributed by atoms with Crippen molar-refractivity contribution in [2.75, 3.05) is 54.9 Å². The van der Waals surface area contributed by atoms with E-state index >= 15 is 0 Å². The Morgan fingerprint density at radius 1 is 0.914 bits per heavy atom. The number of hydrogen-bond acceptors (Lipinski definition) is 8. The number of H-pyrrole nitrogens is 1. The molecule has 2 aliphatic rings. The summed E-state index contributed by atoms with van der Waals surface area (Å²) in [7, 11) is 0. The number of piperidine rings is 1. The molecule has 2 aromatic heterocycles. The van der Waals surface area contributed by atoms with E-state index in [0.29, 0.717) is 0 Å². The van der Waals surface area contributed by atoms with Crippen LogP contribution in [0.1, 0.15) is 12.8 Å².